The Morgan fingerprint density at radius 1 is 1.36 bits per heavy atom. The van der Waals surface area contributed by atoms with Gasteiger partial charge in [0.05, 0.1) is 30.2 Å². The minimum absolute atomic E-state index is 0.0230. The van der Waals surface area contributed by atoms with Gasteiger partial charge in [-0.2, -0.15) is 24.9 Å². The van der Waals surface area contributed by atoms with E-state index in [1.807, 2.05) is 6.26 Å². The first kappa shape index (κ1) is 19.6. The summed E-state index contributed by atoms with van der Waals surface area (Å²) in [6.45, 7) is 1.73. The summed E-state index contributed by atoms with van der Waals surface area (Å²) in [6.07, 6.45) is -2.85. The Labute approximate surface area is 148 Å². The molecular formula is C16H20F3N3O2S. The second-order valence-electron chi connectivity index (χ2n) is 5.85. The van der Waals surface area contributed by atoms with Gasteiger partial charge >= 0.3 is 6.18 Å². The highest BCUT2D eigenvalue weighted by Crippen LogP contribution is 2.30. The monoisotopic (exact) mass is 375 g/mol. The fraction of sp³-hybridized carbons (Fsp3) is 0.500. The first-order valence-electron chi connectivity index (χ1n) is 7.72. The number of hydrogen-bond acceptors (Lipinski definition) is 4. The Bertz CT molecular complexity index is 622. The lowest BCUT2D eigenvalue weighted by atomic mass is 10.0. The summed E-state index contributed by atoms with van der Waals surface area (Å²) in [6, 6.07) is 3.64. The highest BCUT2D eigenvalue weighted by atomic mass is 32.2. The molecule has 1 aromatic carbocycles. The molecule has 1 aromatic rings. The number of thioether (sulfide) groups is 1. The molecule has 2 amide bonds. The van der Waals surface area contributed by atoms with Crippen molar-refractivity contribution < 1.29 is 22.8 Å². The average molecular weight is 375 g/mol. The van der Waals surface area contributed by atoms with Crippen molar-refractivity contribution in [3.63, 3.8) is 0 Å². The summed E-state index contributed by atoms with van der Waals surface area (Å²) in [7, 11) is 0. The third-order valence-corrected chi connectivity index (χ3v) is 4.49. The molecule has 0 aliphatic carbocycles. The smallest absolute Gasteiger partial charge is 0.347 e. The fourth-order valence-electron chi connectivity index (χ4n) is 2.62. The number of nitrogens with one attached hydrogen (secondary N) is 3. The zero-order valence-corrected chi connectivity index (χ0v) is 14.6. The van der Waals surface area contributed by atoms with Gasteiger partial charge in [-0.25, -0.2) is 0 Å². The van der Waals surface area contributed by atoms with Gasteiger partial charge in [-0.15, -0.1) is 0 Å². The van der Waals surface area contributed by atoms with Gasteiger partial charge in [-0.3, -0.25) is 14.9 Å². The van der Waals surface area contributed by atoms with Crippen LogP contribution in [-0.4, -0.2) is 36.0 Å². The standard InChI is InChI=1S/C16H20F3N3O2S/c1-9-20-12(7-14(23)21-9)15(24)22-13(8-25-2)10-3-5-11(6-4-10)16(17,18)19/h3-6,9,12-13,20H,7-8H2,1-2H3,(H,21,23)(H,22,24). The second-order valence-corrected chi connectivity index (χ2v) is 6.76. The van der Waals surface area contributed by atoms with Crippen LogP contribution < -0.4 is 16.0 Å². The maximum atomic E-state index is 12.7. The van der Waals surface area contributed by atoms with Gasteiger partial charge in [0.15, 0.2) is 0 Å². The lowest BCUT2D eigenvalue weighted by Crippen LogP contribution is -2.59. The van der Waals surface area contributed by atoms with E-state index < -0.39 is 23.8 Å². The molecule has 2 rings (SSSR count). The minimum atomic E-state index is -4.40. The lowest BCUT2D eigenvalue weighted by Gasteiger charge is -2.30. The van der Waals surface area contributed by atoms with Crippen molar-refractivity contribution in [1.29, 1.82) is 0 Å². The molecule has 0 radical (unpaired) electrons. The first-order valence-corrected chi connectivity index (χ1v) is 9.12. The van der Waals surface area contributed by atoms with E-state index in [1.165, 1.54) is 23.9 Å². The van der Waals surface area contributed by atoms with Crippen LogP contribution in [0, 0.1) is 0 Å². The Hall–Kier alpha value is -1.74. The van der Waals surface area contributed by atoms with E-state index in [1.54, 1.807) is 6.92 Å². The van der Waals surface area contributed by atoms with Crippen molar-refractivity contribution in [2.24, 2.45) is 0 Å². The SMILES string of the molecule is CSCC(NC(=O)C1CC(=O)NC(C)N1)c1ccc(C(F)(F)F)cc1. The topological polar surface area (TPSA) is 70.2 Å². The molecule has 3 N–H and O–H groups in total. The Balaban J connectivity index is 2.09. The summed E-state index contributed by atoms with van der Waals surface area (Å²) in [5.41, 5.74) is -0.145. The predicted octanol–water partition coefficient (Wildman–Crippen LogP) is 2.05. The summed E-state index contributed by atoms with van der Waals surface area (Å²) in [5, 5.41) is 8.45. The van der Waals surface area contributed by atoms with Gasteiger partial charge in [-0.1, -0.05) is 12.1 Å². The van der Waals surface area contributed by atoms with E-state index in [4.69, 9.17) is 0 Å². The van der Waals surface area contributed by atoms with Gasteiger partial charge < -0.3 is 10.6 Å². The van der Waals surface area contributed by atoms with E-state index in [0.29, 0.717) is 11.3 Å². The van der Waals surface area contributed by atoms with E-state index in [0.717, 1.165) is 12.1 Å². The molecule has 0 saturated carbocycles. The Morgan fingerprint density at radius 2 is 2.00 bits per heavy atom. The zero-order valence-electron chi connectivity index (χ0n) is 13.8. The van der Waals surface area contributed by atoms with Crippen molar-refractivity contribution in [3.05, 3.63) is 35.4 Å². The molecule has 0 bridgehead atoms. The van der Waals surface area contributed by atoms with Crippen LogP contribution in [0.15, 0.2) is 24.3 Å². The number of amides is 2. The molecule has 25 heavy (non-hydrogen) atoms. The van der Waals surface area contributed by atoms with Gasteiger partial charge in [0.25, 0.3) is 0 Å². The summed E-state index contributed by atoms with van der Waals surface area (Å²) in [5.74, 6) is -0.0611. The van der Waals surface area contributed by atoms with Crippen LogP contribution in [0.1, 0.15) is 30.5 Å². The highest BCUT2D eigenvalue weighted by Gasteiger charge is 2.32. The molecule has 1 heterocycles. The van der Waals surface area contributed by atoms with Crippen LogP contribution in [0.2, 0.25) is 0 Å². The normalized spacial score (nSPS) is 22.2. The van der Waals surface area contributed by atoms with E-state index in [2.05, 4.69) is 16.0 Å². The van der Waals surface area contributed by atoms with Gasteiger partial charge in [0.1, 0.15) is 0 Å². The molecule has 3 atom stereocenters. The van der Waals surface area contributed by atoms with Crippen LogP contribution >= 0.6 is 11.8 Å². The summed E-state index contributed by atoms with van der Waals surface area (Å²) >= 11 is 1.47. The lowest BCUT2D eigenvalue weighted by molar-refractivity contribution is -0.137. The molecule has 0 spiro atoms. The first-order chi connectivity index (χ1) is 11.7. The number of rotatable bonds is 5. The Kier molecular flexibility index (Phi) is 6.34. The molecule has 1 saturated heterocycles. The number of carbonyl (C=O) groups is 2. The van der Waals surface area contributed by atoms with Crippen LogP contribution in [0.4, 0.5) is 13.2 Å². The van der Waals surface area contributed by atoms with E-state index in [-0.39, 0.29) is 24.4 Å². The van der Waals surface area contributed by atoms with Crippen molar-refractivity contribution >= 4 is 23.6 Å². The van der Waals surface area contributed by atoms with E-state index >= 15 is 0 Å². The van der Waals surface area contributed by atoms with Crippen LogP contribution in [0.5, 0.6) is 0 Å². The summed E-state index contributed by atoms with van der Waals surface area (Å²) < 4.78 is 38.0. The minimum Gasteiger partial charge on any atom is -0.347 e. The largest absolute Gasteiger partial charge is 0.416 e. The third-order valence-electron chi connectivity index (χ3n) is 3.82. The molecule has 5 nitrogen and oxygen atoms in total. The van der Waals surface area contributed by atoms with Crippen LogP contribution in [0.3, 0.4) is 0 Å². The van der Waals surface area contributed by atoms with E-state index in [9.17, 15) is 22.8 Å². The maximum Gasteiger partial charge on any atom is 0.416 e. The number of carbonyl (C=O) groups excluding carboxylic acids is 2. The van der Waals surface area contributed by atoms with Crippen molar-refractivity contribution in [2.75, 3.05) is 12.0 Å². The summed E-state index contributed by atoms with van der Waals surface area (Å²) in [4.78, 5) is 24.0. The quantitative estimate of drug-likeness (QED) is 0.737. The van der Waals surface area contributed by atoms with Crippen LogP contribution in [-0.2, 0) is 15.8 Å². The van der Waals surface area contributed by atoms with Crippen molar-refractivity contribution in [2.45, 2.75) is 37.8 Å². The fourth-order valence-corrected chi connectivity index (χ4v) is 3.23. The third kappa shape index (κ3) is 5.37. The number of benzene rings is 1. The molecular weight excluding hydrogens is 355 g/mol. The van der Waals surface area contributed by atoms with Gasteiger partial charge in [-0.05, 0) is 30.9 Å². The number of alkyl halides is 3. The molecule has 1 aliphatic heterocycles. The molecule has 138 valence electrons. The number of hydrogen-bond donors (Lipinski definition) is 3. The van der Waals surface area contributed by atoms with Gasteiger partial charge in [0.2, 0.25) is 11.8 Å². The average Bonchev–Trinajstić information content (AvgIpc) is 2.52. The number of halogens is 3. The molecule has 0 aromatic heterocycles. The Morgan fingerprint density at radius 3 is 2.52 bits per heavy atom. The van der Waals surface area contributed by atoms with Gasteiger partial charge in [0, 0.05) is 5.75 Å². The molecule has 1 fully saturated rings. The molecule has 1 aliphatic rings. The zero-order chi connectivity index (χ0) is 18.6. The molecule has 3 unspecified atom stereocenters. The maximum absolute atomic E-state index is 12.7. The predicted molar refractivity (Wildman–Crippen MR) is 89.9 cm³/mol. The second kappa shape index (κ2) is 8.09. The van der Waals surface area contributed by atoms with Crippen LogP contribution in [0.25, 0.3) is 0 Å². The highest BCUT2D eigenvalue weighted by molar-refractivity contribution is 7.98. The van der Waals surface area contributed by atoms with Crippen molar-refractivity contribution in [3.8, 4) is 0 Å². The molecule has 9 heteroatoms. The van der Waals surface area contributed by atoms with Crippen molar-refractivity contribution in [1.82, 2.24) is 16.0 Å².